The van der Waals surface area contributed by atoms with Crippen LogP contribution in [0.4, 0.5) is 10.1 Å². The predicted octanol–water partition coefficient (Wildman–Crippen LogP) is 6.03. The number of anilines is 1. The number of aromatic carboxylic acids is 1. The molecule has 0 aliphatic heterocycles. The van der Waals surface area contributed by atoms with Crippen molar-refractivity contribution in [2.75, 3.05) is 12.4 Å². The van der Waals surface area contributed by atoms with E-state index in [1.807, 2.05) is 0 Å². The fourth-order valence-corrected chi connectivity index (χ4v) is 3.14. The first-order chi connectivity index (χ1) is 14.4. The van der Waals surface area contributed by atoms with Crippen molar-refractivity contribution in [3.8, 4) is 11.5 Å². The van der Waals surface area contributed by atoms with E-state index in [1.54, 1.807) is 30.3 Å². The number of carboxylic acid groups (broad SMARTS) is 1. The molecular weight excluding hydrogens is 432 g/mol. The molecule has 0 aromatic heterocycles. The number of carbonyl (C=O) groups is 1. The molecule has 30 heavy (non-hydrogen) atoms. The van der Waals surface area contributed by atoms with E-state index >= 15 is 0 Å². The zero-order chi connectivity index (χ0) is 21.7. The number of carboxylic acids is 1. The second-order valence-corrected chi connectivity index (χ2v) is 7.18. The largest absolute Gasteiger partial charge is 0.493 e. The highest BCUT2D eigenvalue weighted by Gasteiger charge is 2.13. The van der Waals surface area contributed by atoms with Crippen LogP contribution in [0, 0.1) is 5.82 Å². The highest BCUT2D eigenvalue weighted by molar-refractivity contribution is 6.33. The Morgan fingerprint density at radius 2 is 1.77 bits per heavy atom. The molecule has 3 aromatic carbocycles. The van der Waals surface area contributed by atoms with Crippen LogP contribution in [-0.2, 0) is 13.2 Å². The normalized spacial score (nSPS) is 10.5. The molecule has 0 fully saturated rings. The molecule has 0 saturated carbocycles. The fourth-order valence-electron chi connectivity index (χ4n) is 2.72. The van der Waals surface area contributed by atoms with Gasteiger partial charge in [0.25, 0.3) is 0 Å². The van der Waals surface area contributed by atoms with E-state index in [9.17, 15) is 14.3 Å². The molecule has 0 atom stereocenters. The Hall–Kier alpha value is -2.96. The maximum Gasteiger partial charge on any atom is 0.337 e. The summed E-state index contributed by atoms with van der Waals surface area (Å²) < 4.78 is 24.2. The summed E-state index contributed by atoms with van der Waals surface area (Å²) in [6, 6.07) is 14.0. The van der Waals surface area contributed by atoms with Gasteiger partial charge >= 0.3 is 5.97 Å². The minimum Gasteiger partial charge on any atom is -0.493 e. The minimum absolute atomic E-state index is 0.00915. The summed E-state index contributed by atoms with van der Waals surface area (Å²) in [6.07, 6.45) is 0. The summed E-state index contributed by atoms with van der Waals surface area (Å²) in [5, 5.41) is 12.9. The molecule has 0 aliphatic carbocycles. The van der Waals surface area contributed by atoms with E-state index in [1.165, 1.54) is 31.4 Å². The van der Waals surface area contributed by atoms with E-state index in [0.29, 0.717) is 28.8 Å². The van der Waals surface area contributed by atoms with Crippen molar-refractivity contribution in [1.29, 1.82) is 0 Å². The lowest BCUT2D eigenvalue weighted by Gasteiger charge is -2.15. The summed E-state index contributed by atoms with van der Waals surface area (Å²) in [5.41, 5.74) is 2.13. The molecule has 0 bridgehead atoms. The van der Waals surface area contributed by atoms with Crippen LogP contribution in [-0.4, -0.2) is 18.2 Å². The summed E-state index contributed by atoms with van der Waals surface area (Å²) in [7, 11) is 1.52. The van der Waals surface area contributed by atoms with Gasteiger partial charge in [-0.05, 0) is 47.5 Å². The molecule has 0 unspecified atom stereocenters. The van der Waals surface area contributed by atoms with Crippen LogP contribution in [0.5, 0.6) is 11.5 Å². The minimum atomic E-state index is -1.11. The highest BCUT2D eigenvalue weighted by atomic mass is 35.5. The second-order valence-electron chi connectivity index (χ2n) is 6.36. The number of hydrogen-bond acceptors (Lipinski definition) is 4. The lowest BCUT2D eigenvalue weighted by Crippen LogP contribution is -2.04. The van der Waals surface area contributed by atoms with Gasteiger partial charge in [-0.2, -0.15) is 0 Å². The van der Waals surface area contributed by atoms with Gasteiger partial charge in [0, 0.05) is 23.3 Å². The average Bonchev–Trinajstić information content (AvgIpc) is 2.73. The van der Waals surface area contributed by atoms with Crippen LogP contribution >= 0.6 is 23.2 Å². The van der Waals surface area contributed by atoms with Crippen molar-refractivity contribution in [3.63, 3.8) is 0 Å². The number of methoxy groups -OCH3 is 1. The number of hydrogen-bond donors (Lipinski definition) is 2. The summed E-state index contributed by atoms with van der Waals surface area (Å²) >= 11 is 12.3. The van der Waals surface area contributed by atoms with Crippen LogP contribution < -0.4 is 14.8 Å². The Bertz CT molecular complexity index is 1060. The Balaban J connectivity index is 1.72. The maximum atomic E-state index is 13.0. The van der Waals surface area contributed by atoms with Gasteiger partial charge in [0.15, 0.2) is 11.5 Å². The van der Waals surface area contributed by atoms with Crippen LogP contribution in [0.3, 0.4) is 0 Å². The zero-order valence-electron chi connectivity index (χ0n) is 15.9. The van der Waals surface area contributed by atoms with Crippen molar-refractivity contribution >= 4 is 34.9 Å². The van der Waals surface area contributed by atoms with Crippen LogP contribution in [0.1, 0.15) is 21.5 Å². The molecule has 8 heteroatoms. The molecular formula is C22H18Cl2FNO4. The Morgan fingerprint density at radius 1 is 1.03 bits per heavy atom. The van der Waals surface area contributed by atoms with Gasteiger partial charge in [-0.25, -0.2) is 9.18 Å². The van der Waals surface area contributed by atoms with E-state index < -0.39 is 5.97 Å². The van der Waals surface area contributed by atoms with Crippen molar-refractivity contribution in [2.24, 2.45) is 0 Å². The van der Waals surface area contributed by atoms with Gasteiger partial charge < -0.3 is 19.9 Å². The van der Waals surface area contributed by atoms with Gasteiger partial charge in [0.2, 0.25) is 0 Å². The molecule has 3 rings (SSSR count). The third kappa shape index (κ3) is 5.34. The van der Waals surface area contributed by atoms with Gasteiger partial charge in [-0.15, -0.1) is 0 Å². The van der Waals surface area contributed by atoms with Crippen molar-refractivity contribution in [3.05, 3.63) is 87.2 Å². The Kier molecular flexibility index (Phi) is 7.03. The molecule has 0 amide bonds. The number of nitrogens with one attached hydrogen (secondary N) is 1. The smallest absolute Gasteiger partial charge is 0.337 e. The molecule has 3 aromatic rings. The molecule has 0 saturated heterocycles. The third-order valence-corrected chi connectivity index (χ3v) is 5.00. The molecule has 5 nitrogen and oxygen atoms in total. The molecule has 0 radical (unpaired) electrons. The van der Waals surface area contributed by atoms with Crippen LogP contribution in [0.15, 0.2) is 54.6 Å². The first-order valence-corrected chi connectivity index (χ1v) is 9.63. The maximum absolute atomic E-state index is 13.0. The lowest BCUT2D eigenvalue weighted by molar-refractivity contribution is 0.0697. The highest BCUT2D eigenvalue weighted by Crippen LogP contribution is 2.34. The van der Waals surface area contributed by atoms with Crippen LogP contribution in [0.2, 0.25) is 10.0 Å². The van der Waals surface area contributed by atoms with Crippen molar-refractivity contribution in [2.45, 2.75) is 13.2 Å². The predicted molar refractivity (Wildman–Crippen MR) is 114 cm³/mol. The SMILES string of the molecule is COc1cc(CNc2ccc(Cl)c(C(=O)O)c2)c(Cl)cc1OCc1ccc(F)cc1. The Morgan fingerprint density at radius 3 is 2.43 bits per heavy atom. The number of benzene rings is 3. The average molecular weight is 450 g/mol. The molecule has 2 N–H and O–H groups in total. The zero-order valence-corrected chi connectivity index (χ0v) is 17.4. The van der Waals surface area contributed by atoms with Gasteiger partial charge in [-0.3, -0.25) is 0 Å². The van der Waals surface area contributed by atoms with Gasteiger partial charge in [0.1, 0.15) is 12.4 Å². The number of ether oxygens (including phenoxy) is 2. The second kappa shape index (κ2) is 9.69. The summed E-state index contributed by atoms with van der Waals surface area (Å²) in [4.78, 5) is 11.2. The molecule has 156 valence electrons. The molecule has 0 heterocycles. The van der Waals surface area contributed by atoms with E-state index in [4.69, 9.17) is 32.7 Å². The molecule has 0 aliphatic rings. The third-order valence-electron chi connectivity index (χ3n) is 4.32. The van der Waals surface area contributed by atoms with Gasteiger partial charge in [-0.1, -0.05) is 35.3 Å². The molecule has 0 spiro atoms. The number of halogens is 3. The van der Waals surface area contributed by atoms with Crippen molar-refractivity contribution < 1.29 is 23.8 Å². The van der Waals surface area contributed by atoms with Crippen molar-refractivity contribution in [1.82, 2.24) is 0 Å². The summed E-state index contributed by atoms with van der Waals surface area (Å²) in [5.74, 6) is -0.478. The topological polar surface area (TPSA) is 67.8 Å². The first-order valence-electron chi connectivity index (χ1n) is 8.87. The number of rotatable bonds is 8. The lowest BCUT2D eigenvalue weighted by atomic mass is 10.1. The van der Waals surface area contributed by atoms with E-state index in [-0.39, 0.29) is 23.0 Å². The monoisotopic (exact) mass is 449 g/mol. The van der Waals surface area contributed by atoms with Crippen LogP contribution in [0.25, 0.3) is 0 Å². The quantitative estimate of drug-likeness (QED) is 0.439. The fraction of sp³-hybridized carbons (Fsp3) is 0.136. The van der Waals surface area contributed by atoms with Gasteiger partial charge in [0.05, 0.1) is 17.7 Å². The van der Waals surface area contributed by atoms with E-state index in [0.717, 1.165) is 11.1 Å². The first kappa shape index (κ1) is 21.7. The van der Waals surface area contributed by atoms with E-state index in [2.05, 4.69) is 5.32 Å². The summed E-state index contributed by atoms with van der Waals surface area (Å²) in [6.45, 7) is 0.557. The standard InChI is InChI=1S/C22H18Cl2FNO4/c1-29-20-8-14(11-26-16-6-7-18(23)17(9-16)22(27)28)19(24)10-21(20)30-12-13-2-4-15(25)5-3-13/h2-10,26H,11-12H2,1H3,(H,27,28). The Labute approximate surface area is 183 Å².